The van der Waals surface area contributed by atoms with Gasteiger partial charge in [-0.3, -0.25) is 4.79 Å². The monoisotopic (exact) mass is 646 g/mol. The zero-order chi connectivity index (χ0) is 31.8. The van der Waals surface area contributed by atoms with Crippen molar-refractivity contribution in [2.45, 2.75) is 63.8 Å². The predicted octanol–water partition coefficient (Wildman–Crippen LogP) is 2.66. The summed E-state index contributed by atoms with van der Waals surface area (Å²) in [6.07, 6.45) is 8.12. The third kappa shape index (κ3) is 7.40. The van der Waals surface area contributed by atoms with Crippen LogP contribution in [0.4, 0.5) is 10.2 Å². The Balaban J connectivity index is 1.05. The summed E-state index contributed by atoms with van der Waals surface area (Å²) in [6.45, 7) is 9.58. The number of sulfonamides is 1. The highest BCUT2D eigenvalue weighted by molar-refractivity contribution is 7.88. The van der Waals surface area contributed by atoms with Gasteiger partial charge in [0.15, 0.2) is 11.6 Å². The molecular weight excluding hydrogens is 603 g/mol. The third-order valence-electron chi connectivity index (χ3n) is 9.43. The smallest absolute Gasteiger partial charge is 0.258 e. The molecular formula is C31H43FN6O6S. The van der Waals surface area contributed by atoms with E-state index in [1.54, 1.807) is 11.1 Å². The molecule has 1 aromatic carbocycles. The SMILES string of the molecule is C[C@@H]1COC[C@@H](C)N1C(=O)c1cc(F)ccc1Oc1cncnc1N1CC2(CCN(C[C@@H]3CC[C@@H](NS(C)(=O)=O)CO3)CC2)C1. The molecule has 0 aliphatic carbocycles. The van der Waals surface area contributed by atoms with Crippen molar-refractivity contribution >= 4 is 21.7 Å². The number of likely N-dealkylation sites (tertiary alicyclic amines) is 1. The van der Waals surface area contributed by atoms with Crippen LogP contribution in [0.1, 0.15) is 49.9 Å². The number of halogens is 1. The van der Waals surface area contributed by atoms with Crippen LogP contribution in [0.15, 0.2) is 30.7 Å². The van der Waals surface area contributed by atoms with Crippen LogP contribution in [0, 0.1) is 11.2 Å². The van der Waals surface area contributed by atoms with Gasteiger partial charge in [-0.05, 0) is 70.8 Å². The molecule has 0 saturated carbocycles. The molecule has 1 amide bonds. The van der Waals surface area contributed by atoms with Gasteiger partial charge >= 0.3 is 0 Å². The predicted molar refractivity (Wildman–Crippen MR) is 165 cm³/mol. The Kier molecular flexibility index (Phi) is 9.31. The molecule has 4 atom stereocenters. The number of anilines is 1. The highest BCUT2D eigenvalue weighted by atomic mass is 32.2. The van der Waals surface area contributed by atoms with Gasteiger partial charge in [0.25, 0.3) is 5.91 Å². The average molecular weight is 647 g/mol. The lowest BCUT2D eigenvalue weighted by molar-refractivity contribution is -0.0299. The second-order valence-corrected chi connectivity index (χ2v) is 15.0. The van der Waals surface area contributed by atoms with Gasteiger partial charge in [-0.2, -0.15) is 0 Å². The van der Waals surface area contributed by atoms with Crippen molar-refractivity contribution in [2.75, 3.05) is 63.7 Å². The van der Waals surface area contributed by atoms with Crippen molar-refractivity contribution in [3.8, 4) is 11.5 Å². The molecule has 1 N–H and O–H groups in total. The molecule has 4 saturated heterocycles. The Labute approximate surface area is 264 Å². The highest BCUT2D eigenvalue weighted by Gasteiger charge is 2.46. The third-order valence-corrected chi connectivity index (χ3v) is 10.2. The first-order valence-corrected chi connectivity index (χ1v) is 17.6. The maximum Gasteiger partial charge on any atom is 0.258 e. The van der Waals surface area contributed by atoms with Crippen LogP contribution in [-0.4, -0.2) is 117 Å². The maximum absolute atomic E-state index is 14.4. The number of nitrogens with one attached hydrogen (secondary N) is 1. The van der Waals surface area contributed by atoms with Crippen molar-refractivity contribution in [1.82, 2.24) is 24.5 Å². The van der Waals surface area contributed by atoms with E-state index in [0.29, 0.717) is 31.4 Å². The number of hydrogen-bond donors (Lipinski definition) is 1. The molecule has 4 fully saturated rings. The maximum atomic E-state index is 14.4. The Bertz CT molecular complexity index is 1460. The molecule has 0 unspecified atom stereocenters. The number of benzene rings is 1. The topological polar surface area (TPSA) is 126 Å². The van der Waals surface area contributed by atoms with Gasteiger partial charge in [0, 0.05) is 31.1 Å². The van der Waals surface area contributed by atoms with Crippen molar-refractivity contribution in [1.29, 1.82) is 0 Å². The summed E-state index contributed by atoms with van der Waals surface area (Å²) in [5, 5.41) is 0. The second-order valence-electron chi connectivity index (χ2n) is 13.2. The first kappa shape index (κ1) is 32.0. The molecule has 0 bridgehead atoms. The summed E-state index contributed by atoms with van der Waals surface area (Å²) < 4.78 is 57.9. The minimum absolute atomic E-state index is 0.119. The number of carbonyl (C=O) groups is 1. The Morgan fingerprint density at radius 2 is 1.84 bits per heavy atom. The zero-order valence-electron chi connectivity index (χ0n) is 26.2. The average Bonchev–Trinajstić information content (AvgIpc) is 2.98. The summed E-state index contributed by atoms with van der Waals surface area (Å²) in [6, 6.07) is 3.56. The summed E-state index contributed by atoms with van der Waals surface area (Å²) in [4.78, 5) is 28.7. The number of rotatable bonds is 8. The fourth-order valence-electron chi connectivity index (χ4n) is 7.11. The van der Waals surface area contributed by atoms with E-state index in [0.717, 1.165) is 58.4 Å². The summed E-state index contributed by atoms with van der Waals surface area (Å²) >= 11 is 0. The quantitative estimate of drug-likeness (QED) is 0.458. The van der Waals surface area contributed by atoms with Gasteiger partial charge in [-0.15, -0.1) is 0 Å². The van der Waals surface area contributed by atoms with Crippen LogP contribution < -0.4 is 14.4 Å². The molecule has 2 aromatic rings. The first-order chi connectivity index (χ1) is 21.5. The fourth-order valence-corrected chi connectivity index (χ4v) is 7.90. The van der Waals surface area contributed by atoms with E-state index in [9.17, 15) is 17.6 Å². The molecule has 4 aliphatic heterocycles. The molecule has 4 aliphatic rings. The Hall–Kier alpha value is -2.91. The minimum atomic E-state index is -3.23. The van der Waals surface area contributed by atoms with Crippen LogP contribution in [0.5, 0.6) is 11.5 Å². The fraction of sp³-hybridized carbons (Fsp3) is 0.645. The lowest BCUT2D eigenvalue weighted by Crippen LogP contribution is -2.61. The summed E-state index contributed by atoms with van der Waals surface area (Å²) in [5.41, 5.74) is 0.345. The van der Waals surface area contributed by atoms with Gasteiger partial charge in [-0.25, -0.2) is 27.5 Å². The molecule has 6 rings (SSSR count). The van der Waals surface area contributed by atoms with E-state index in [-0.39, 0.29) is 46.9 Å². The van der Waals surface area contributed by atoms with E-state index >= 15 is 0 Å². The standard InChI is InChI=1S/C31H43FN6O6S/c1-21-15-42-16-22(2)38(21)30(39)26-12-23(32)4-7-27(26)44-28-13-33-20-34-29(28)37-18-31(19-37)8-10-36(11-9-31)14-25-6-5-24(17-43-25)35-45(3,40)41/h4,7,12-13,20-22,24-25,35H,5-6,8-11,14-19H2,1-3H3/t21-,22-,24-,25+/m1/s1. The first-order valence-electron chi connectivity index (χ1n) is 15.7. The van der Waals surface area contributed by atoms with Gasteiger partial charge in [0.2, 0.25) is 10.0 Å². The van der Waals surface area contributed by atoms with Crippen molar-refractivity contribution in [3.63, 3.8) is 0 Å². The second kappa shape index (κ2) is 13.1. The van der Waals surface area contributed by atoms with Crippen LogP contribution >= 0.6 is 0 Å². The molecule has 1 spiro atoms. The number of ether oxygens (including phenoxy) is 3. The van der Waals surface area contributed by atoms with E-state index in [2.05, 4.69) is 24.5 Å². The van der Waals surface area contributed by atoms with Gasteiger partial charge in [-0.1, -0.05) is 0 Å². The van der Waals surface area contributed by atoms with Crippen LogP contribution in [0.25, 0.3) is 0 Å². The number of amides is 1. The highest BCUT2D eigenvalue weighted by Crippen LogP contribution is 2.45. The zero-order valence-corrected chi connectivity index (χ0v) is 27.0. The van der Waals surface area contributed by atoms with Crippen LogP contribution in [0.3, 0.4) is 0 Å². The molecule has 12 nitrogen and oxygen atoms in total. The molecule has 0 radical (unpaired) electrons. The molecule has 1 aromatic heterocycles. The van der Waals surface area contributed by atoms with Crippen LogP contribution in [0.2, 0.25) is 0 Å². The largest absolute Gasteiger partial charge is 0.451 e. The number of hydrogen-bond acceptors (Lipinski definition) is 10. The van der Waals surface area contributed by atoms with Gasteiger partial charge in [0.05, 0.1) is 56.0 Å². The van der Waals surface area contributed by atoms with Crippen molar-refractivity contribution in [2.24, 2.45) is 5.41 Å². The van der Waals surface area contributed by atoms with E-state index in [4.69, 9.17) is 14.2 Å². The molecule has 5 heterocycles. The molecule has 14 heteroatoms. The lowest BCUT2D eigenvalue weighted by Gasteiger charge is -2.54. The van der Waals surface area contributed by atoms with Crippen molar-refractivity contribution < 1.29 is 31.8 Å². The normalized spacial score (nSPS) is 27.3. The number of nitrogens with zero attached hydrogens (tertiary/aromatic N) is 5. The number of carbonyl (C=O) groups excluding carboxylic acids is 1. The Morgan fingerprint density at radius 1 is 1.11 bits per heavy atom. The Morgan fingerprint density at radius 3 is 2.51 bits per heavy atom. The van der Waals surface area contributed by atoms with Crippen LogP contribution in [-0.2, 0) is 19.5 Å². The van der Waals surface area contributed by atoms with Crippen molar-refractivity contribution in [3.05, 3.63) is 42.1 Å². The summed E-state index contributed by atoms with van der Waals surface area (Å²) in [5.74, 6) is 0.525. The van der Waals surface area contributed by atoms with E-state index in [1.807, 2.05) is 13.8 Å². The minimum Gasteiger partial charge on any atom is -0.451 e. The number of piperidine rings is 1. The summed E-state index contributed by atoms with van der Waals surface area (Å²) in [7, 11) is -3.23. The van der Waals surface area contributed by atoms with Gasteiger partial charge < -0.3 is 28.9 Å². The molecule has 45 heavy (non-hydrogen) atoms. The van der Waals surface area contributed by atoms with E-state index < -0.39 is 15.8 Å². The molecule has 246 valence electrons. The van der Waals surface area contributed by atoms with Gasteiger partial charge in [0.1, 0.15) is 17.9 Å². The van der Waals surface area contributed by atoms with E-state index in [1.165, 1.54) is 30.8 Å². The number of morpholine rings is 1. The lowest BCUT2D eigenvalue weighted by atomic mass is 9.72. The number of aromatic nitrogens is 2.